The minimum atomic E-state index is -1.15. The summed E-state index contributed by atoms with van der Waals surface area (Å²) in [5.41, 5.74) is 5.40. The van der Waals surface area contributed by atoms with Crippen molar-refractivity contribution in [2.45, 2.75) is 51.9 Å². The highest BCUT2D eigenvalue weighted by molar-refractivity contribution is 6.03. The minimum absolute atomic E-state index is 0.00486. The quantitative estimate of drug-likeness (QED) is 0.271. The van der Waals surface area contributed by atoms with Gasteiger partial charge in [-0.1, -0.05) is 19.8 Å². The van der Waals surface area contributed by atoms with Crippen LogP contribution < -0.4 is 5.73 Å². The molecule has 2 amide bonds. The summed E-state index contributed by atoms with van der Waals surface area (Å²) >= 11 is 0. The van der Waals surface area contributed by atoms with E-state index in [9.17, 15) is 19.2 Å². The first kappa shape index (κ1) is 19.1. The normalized spacial score (nSPS) is 15.7. The molecular weight excluding hydrogens is 304 g/mol. The maximum absolute atomic E-state index is 12.2. The number of imide groups is 1. The molecule has 8 heteroatoms. The second kappa shape index (κ2) is 9.94. The van der Waals surface area contributed by atoms with Gasteiger partial charge in [-0.2, -0.15) is 0 Å². The molecule has 1 fully saturated rings. The Kier molecular flexibility index (Phi) is 8.25. The molecule has 0 radical (unpaired) electrons. The highest BCUT2D eigenvalue weighted by Gasteiger charge is 2.37. The molecule has 0 spiro atoms. The van der Waals surface area contributed by atoms with Crippen LogP contribution in [0.2, 0.25) is 0 Å². The van der Waals surface area contributed by atoms with Gasteiger partial charge in [0.1, 0.15) is 0 Å². The first-order valence-corrected chi connectivity index (χ1v) is 7.95. The number of nitrogens with zero attached hydrogens (tertiary/aromatic N) is 1. The molecule has 0 aliphatic carbocycles. The van der Waals surface area contributed by atoms with E-state index in [1.165, 1.54) is 0 Å². The van der Waals surface area contributed by atoms with Crippen LogP contribution in [0.4, 0.5) is 0 Å². The molecule has 1 heterocycles. The van der Waals surface area contributed by atoms with Crippen LogP contribution in [0.5, 0.6) is 0 Å². The third-order valence-corrected chi connectivity index (χ3v) is 3.45. The monoisotopic (exact) mass is 328 g/mol. The second-order valence-electron chi connectivity index (χ2n) is 5.35. The fraction of sp³-hybridized carbons (Fsp3) is 0.733. The van der Waals surface area contributed by atoms with Crippen molar-refractivity contribution in [3.05, 3.63) is 0 Å². The van der Waals surface area contributed by atoms with E-state index in [0.29, 0.717) is 30.9 Å². The van der Waals surface area contributed by atoms with Crippen molar-refractivity contribution < 1.29 is 28.8 Å². The van der Waals surface area contributed by atoms with Crippen LogP contribution in [-0.4, -0.2) is 42.0 Å². The molecule has 130 valence electrons. The Morgan fingerprint density at radius 2 is 1.78 bits per heavy atom. The first-order valence-electron chi connectivity index (χ1n) is 7.95. The van der Waals surface area contributed by atoms with Crippen molar-refractivity contribution in [1.82, 2.24) is 5.06 Å². The Bertz CT molecular complexity index is 435. The van der Waals surface area contributed by atoms with Gasteiger partial charge in [0.05, 0.1) is 6.61 Å². The number of ether oxygens (including phenoxy) is 1. The fourth-order valence-corrected chi connectivity index (χ4v) is 2.05. The van der Waals surface area contributed by atoms with E-state index >= 15 is 0 Å². The van der Waals surface area contributed by atoms with E-state index in [-0.39, 0.29) is 25.9 Å². The van der Waals surface area contributed by atoms with Crippen LogP contribution in [0.3, 0.4) is 0 Å². The van der Waals surface area contributed by atoms with Gasteiger partial charge >= 0.3 is 11.9 Å². The number of carbonyl (C=O) groups is 4. The highest BCUT2D eigenvalue weighted by atomic mass is 16.7. The molecule has 0 bridgehead atoms. The van der Waals surface area contributed by atoms with Crippen LogP contribution >= 0.6 is 0 Å². The number of unbranched alkanes of at least 4 members (excludes halogenated alkanes) is 2. The van der Waals surface area contributed by atoms with Crippen LogP contribution in [0.25, 0.3) is 0 Å². The Balaban J connectivity index is 2.65. The van der Waals surface area contributed by atoms with E-state index in [4.69, 9.17) is 15.3 Å². The molecule has 0 aromatic rings. The molecule has 1 atom stereocenters. The summed E-state index contributed by atoms with van der Waals surface area (Å²) in [6.45, 7) is 2.61. The third kappa shape index (κ3) is 5.97. The fourth-order valence-electron chi connectivity index (χ4n) is 2.05. The summed E-state index contributed by atoms with van der Waals surface area (Å²) in [5.74, 6) is -3.95. The maximum atomic E-state index is 12.2. The van der Waals surface area contributed by atoms with E-state index in [1.54, 1.807) is 0 Å². The second-order valence-corrected chi connectivity index (χ2v) is 5.35. The number of hydrogen-bond donors (Lipinski definition) is 1. The molecule has 1 aliphatic heterocycles. The lowest BCUT2D eigenvalue weighted by Gasteiger charge is -2.18. The lowest BCUT2D eigenvalue weighted by molar-refractivity contribution is -0.202. The number of nitrogens with two attached hydrogens (primary N) is 1. The minimum Gasteiger partial charge on any atom is -0.465 e. The Morgan fingerprint density at radius 3 is 2.35 bits per heavy atom. The molecule has 8 nitrogen and oxygen atoms in total. The predicted octanol–water partition coefficient (Wildman–Crippen LogP) is 0.682. The molecular formula is C15H24N2O6. The van der Waals surface area contributed by atoms with E-state index < -0.39 is 29.7 Å². The van der Waals surface area contributed by atoms with Gasteiger partial charge in [0.2, 0.25) is 0 Å². The van der Waals surface area contributed by atoms with Gasteiger partial charge in [0.15, 0.2) is 5.92 Å². The Labute approximate surface area is 135 Å². The zero-order valence-corrected chi connectivity index (χ0v) is 13.4. The standard InChI is InChI=1S/C15H24N2O6/c1-2-3-10-22-14(20)11(6-4-5-9-16)15(21)23-17-12(18)7-8-13(17)19/h11H,2-10,16H2,1H3. The molecule has 0 aromatic heterocycles. The lowest BCUT2D eigenvalue weighted by atomic mass is 10.0. The summed E-state index contributed by atoms with van der Waals surface area (Å²) in [6.07, 6.45) is 2.95. The van der Waals surface area contributed by atoms with Gasteiger partial charge in [-0.3, -0.25) is 14.4 Å². The van der Waals surface area contributed by atoms with Gasteiger partial charge in [0.25, 0.3) is 11.8 Å². The van der Waals surface area contributed by atoms with Gasteiger partial charge in [-0.15, -0.1) is 5.06 Å². The Morgan fingerprint density at radius 1 is 1.13 bits per heavy atom. The summed E-state index contributed by atoms with van der Waals surface area (Å²) < 4.78 is 5.06. The van der Waals surface area contributed by atoms with Gasteiger partial charge in [-0.25, -0.2) is 4.79 Å². The van der Waals surface area contributed by atoms with E-state index in [0.717, 1.165) is 6.42 Å². The molecule has 0 aromatic carbocycles. The third-order valence-electron chi connectivity index (χ3n) is 3.45. The number of hydroxylamine groups is 2. The first-order chi connectivity index (χ1) is 11.0. The van der Waals surface area contributed by atoms with Gasteiger partial charge in [0, 0.05) is 12.8 Å². The molecule has 23 heavy (non-hydrogen) atoms. The number of rotatable bonds is 10. The Hall–Kier alpha value is -1.96. The smallest absolute Gasteiger partial charge is 0.347 e. The van der Waals surface area contributed by atoms with Crippen LogP contribution in [0.15, 0.2) is 0 Å². The molecule has 1 unspecified atom stereocenters. The predicted molar refractivity (Wildman–Crippen MR) is 79.4 cm³/mol. The average Bonchev–Trinajstić information content (AvgIpc) is 2.83. The van der Waals surface area contributed by atoms with Gasteiger partial charge in [-0.05, 0) is 25.8 Å². The van der Waals surface area contributed by atoms with Crippen molar-refractivity contribution in [1.29, 1.82) is 0 Å². The van der Waals surface area contributed by atoms with Crippen molar-refractivity contribution in [3.63, 3.8) is 0 Å². The topological polar surface area (TPSA) is 116 Å². The summed E-state index contributed by atoms with van der Waals surface area (Å²) in [4.78, 5) is 52.0. The van der Waals surface area contributed by atoms with E-state index in [2.05, 4.69) is 0 Å². The van der Waals surface area contributed by atoms with Crippen molar-refractivity contribution in [3.8, 4) is 0 Å². The van der Waals surface area contributed by atoms with Crippen LogP contribution in [0, 0.1) is 5.92 Å². The van der Waals surface area contributed by atoms with Crippen molar-refractivity contribution in [2.24, 2.45) is 11.7 Å². The molecule has 1 saturated heterocycles. The SMILES string of the molecule is CCCCOC(=O)C(CCCCN)C(=O)ON1C(=O)CCC1=O. The number of esters is 1. The number of amides is 2. The number of hydrogen-bond acceptors (Lipinski definition) is 7. The lowest BCUT2D eigenvalue weighted by Crippen LogP contribution is -2.37. The van der Waals surface area contributed by atoms with Crippen LogP contribution in [-0.2, 0) is 28.8 Å². The zero-order chi connectivity index (χ0) is 17.2. The van der Waals surface area contributed by atoms with E-state index in [1.807, 2.05) is 6.92 Å². The molecule has 2 N–H and O–H groups in total. The van der Waals surface area contributed by atoms with Crippen molar-refractivity contribution in [2.75, 3.05) is 13.2 Å². The van der Waals surface area contributed by atoms with Crippen LogP contribution in [0.1, 0.15) is 51.9 Å². The number of carbonyl (C=O) groups excluding carboxylic acids is 4. The summed E-state index contributed by atoms with van der Waals surface area (Å²) in [7, 11) is 0. The molecule has 1 rings (SSSR count). The summed E-state index contributed by atoms with van der Waals surface area (Å²) in [5, 5.41) is 0.442. The highest BCUT2D eigenvalue weighted by Crippen LogP contribution is 2.18. The summed E-state index contributed by atoms with van der Waals surface area (Å²) in [6, 6.07) is 0. The molecule has 0 saturated carbocycles. The molecule has 1 aliphatic rings. The largest absolute Gasteiger partial charge is 0.465 e. The van der Waals surface area contributed by atoms with Gasteiger partial charge < -0.3 is 15.3 Å². The zero-order valence-electron chi connectivity index (χ0n) is 13.4. The maximum Gasteiger partial charge on any atom is 0.347 e. The average molecular weight is 328 g/mol. The van der Waals surface area contributed by atoms with Crippen molar-refractivity contribution >= 4 is 23.8 Å².